The lowest BCUT2D eigenvalue weighted by molar-refractivity contribution is 0.252. The Bertz CT molecular complexity index is 347. The number of unbranched alkanes of at least 4 members (excludes halogenated alkanes) is 6. The molecule has 1 aromatic rings. The molecule has 1 aromatic carbocycles. The van der Waals surface area contributed by atoms with Crippen LogP contribution in [0.1, 0.15) is 76.3 Å². The molecule has 0 saturated carbocycles. The highest BCUT2D eigenvalue weighted by Crippen LogP contribution is 2.11. The molecule has 0 spiro atoms. The van der Waals surface area contributed by atoms with Gasteiger partial charge in [-0.15, -0.1) is 0 Å². The van der Waals surface area contributed by atoms with E-state index >= 15 is 0 Å². The van der Waals surface area contributed by atoms with Crippen molar-refractivity contribution in [3.8, 4) is 0 Å². The van der Waals surface area contributed by atoms with Gasteiger partial charge in [-0.2, -0.15) is 0 Å². The van der Waals surface area contributed by atoms with Gasteiger partial charge >= 0.3 is 0 Å². The van der Waals surface area contributed by atoms with Gasteiger partial charge in [-0.05, 0) is 38.4 Å². The van der Waals surface area contributed by atoms with Gasteiger partial charge in [-0.25, -0.2) is 0 Å². The van der Waals surface area contributed by atoms with Gasteiger partial charge in [-0.3, -0.25) is 4.90 Å². The Morgan fingerprint density at radius 3 is 1.95 bits per heavy atom. The third kappa shape index (κ3) is 8.93. The highest BCUT2D eigenvalue weighted by atomic mass is 15.1. The standard InChI is InChI=1S/C20H35N/c1-4-6-8-10-15-21(16-11-9-7-5-2)18-20-14-12-13-19(3)17-20/h12-14,17H,4-11,15-16,18H2,1-3H3. The number of benzene rings is 1. The number of rotatable bonds is 12. The Morgan fingerprint density at radius 1 is 0.810 bits per heavy atom. The second-order valence-electron chi connectivity index (χ2n) is 6.39. The van der Waals surface area contributed by atoms with Crippen molar-refractivity contribution >= 4 is 0 Å². The topological polar surface area (TPSA) is 3.24 Å². The van der Waals surface area contributed by atoms with E-state index in [1.54, 1.807) is 0 Å². The Morgan fingerprint density at radius 2 is 1.43 bits per heavy atom. The van der Waals surface area contributed by atoms with Crippen LogP contribution in [-0.4, -0.2) is 18.0 Å². The minimum Gasteiger partial charge on any atom is -0.299 e. The molecule has 0 bridgehead atoms. The Balaban J connectivity index is 2.41. The molecule has 1 heteroatoms. The van der Waals surface area contributed by atoms with Crippen LogP contribution in [-0.2, 0) is 6.54 Å². The third-order valence-electron chi connectivity index (χ3n) is 4.14. The fourth-order valence-electron chi connectivity index (χ4n) is 2.86. The minimum atomic E-state index is 1.12. The van der Waals surface area contributed by atoms with E-state index < -0.39 is 0 Å². The second-order valence-corrected chi connectivity index (χ2v) is 6.39. The molecule has 0 amide bonds. The summed E-state index contributed by atoms with van der Waals surface area (Å²) in [5, 5.41) is 0. The normalized spacial score (nSPS) is 11.2. The third-order valence-corrected chi connectivity index (χ3v) is 4.14. The summed E-state index contributed by atoms with van der Waals surface area (Å²) in [6.45, 7) is 10.4. The summed E-state index contributed by atoms with van der Waals surface area (Å²) in [6.07, 6.45) is 10.9. The first-order chi connectivity index (χ1) is 10.3. The van der Waals surface area contributed by atoms with E-state index in [-0.39, 0.29) is 0 Å². The molecular weight excluding hydrogens is 254 g/mol. The predicted octanol–water partition coefficient (Wildman–Crippen LogP) is 5.96. The monoisotopic (exact) mass is 289 g/mol. The summed E-state index contributed by atoms with van der Waals surface area (Å²) in [7, 11) is 0. The Hall–Kier alpha value is -0.820. The fraction of sp³-hybridized carbons (Fsp3) is 0.700. The van der Waals surface area contributed by atoms with Gasteiger partial charge in [0.1, 0.15) is 0 Å². The molecule has 1 nitrogen and oxygen atoms in total. The van der Waals surface area contributed by atoms with Gasteiger partial charge in [0.25, 0.3) is 0 Å². The maximum Gasteiger partial charge on any atom is 0.0233 e. The Kier molecular flexibility index (Phi) is 10.2. The molecule has 0 radical (unpaired) electrons. The van der Waals surface area contributed by atoms with Crippen LogP contribution in [0.3, 0.4) is 0 Å². The van der Waals surface area contributed by atoms with Crippen molar-refractivity contribution in [1.82, 2.24) is 4.90 Å². The lowest BCUT2D eigenvalue weighted by Gasteiger charge is -2.22. The van der Waals surface area contributed by atoms with Gasteiger partial charge in [0.05, 0.1) is 0 Å². The average Bonchev–Trinajstić information content (AvgIpc) is 2.48. The van der Waals surface area contributed by atoms with Crippen LogP contribution < -0.4 is 0 Å². The van der Waals surface area contributed by atoms with Crippen LogP contribution in [0.25, 0.3) is 0 Å². The Labute approximate surface area is 132 Å². The number of nitrogens with zero attached hydrogens (tertiary/aromatic N) is 1. The average molecular weight is 290 g/mol. The quantitative estimate of drug-likeness (QED) is 0.429. The molecule has 0 aromatic heterocycles. The molecule has 0 fully saturated rings. The maximum atomic E-state index is 2.67. The summed E-state index contributed by atoms with van der Waals surface area (Å²) in [5.41, 5.74) is 2.85. The molecule has 0 aliphatic heterocycles. The van der Waals surface area contributed by atoms with E-state index in [0.717, 1.165) is 6.54 Å². The summed E-state index contributed by atoms with van der Waals surface area (Å²) in [5.74, 6) is 0. The molecule has 0 heterocycles. The van der Waals surface area contributed by atoms with Crippen LogP contribution >= 0.6 is 0 Å². The first-order valence-electron chi connectivity index (χ1n) is 9.04. The molecule has 120 valence electrons. The van der Waals surface area contributed by atoms with E-state index in [1.807, 2.05) is 0 Å². The smallest absolute Gasteiger partial charge is 0.0233 e. The van der Waals surface area contributed by atoms with Crippen LogP contribution in [0.4, 0.5) is 0 Å². The lowest BCUT2D eigenvalue weighted by Crippen LogP contribution is -2.25. The van der Waals surface area contributed by atoms with Gasteiger partial charge < -0.3 is 0 Å². The first-order valence-corrected chi connectivity index (χ1v) is 9.04. The molecule has 0 saturated heterocycles. The predicted molar refractivity (Wildman–Crippen MR) is 94.7 cm³/mol. The van der Waals surface area contributed by atoms with Crippen molar-refractivity contribution in [2.45, 2.75) is 78.7 Å². The highest BCUT2D eigenvalue weighted by Gasteiger charge is 2.06. The summed E-state index contributed by atoms with van der Waals surface area (Å²) >= 11 is 0. The minimum absolute atomic E-state index is 1.12. The van der Waals surface area contributed by atoms with E-state index in [0.29, 0.717) is 0 Å². The molecule has 0 atom stereocenters. The molecule has 0 N–H and O–H groups in total. The van der Waals surface area contributed by atoms with E-state index in [9.17, 15) is 0 Å². The van der Waals surface area contributed by atoms with Crippen molar-refractivity contribution in [1.29, 1.82) is 0 Å². The zero-order valence-electron chi connectivity index (χ0n) is 14.5. The molecule has 21 heavy (non-hydrogen) atoms. The van der Waals surface area contributed by atoms with Crippen molar-refractivity contribution in [3.05, 3.63) is 35.4 Å². The molecular formula is C20H35N. The summed E-state index contributed by atoms with van der Waals surface area (Å²) in [4.78, 5) is 2.67. The highest BCUT2D eigenvalue weighted by molar-refractivity contribution is 5.22. The maximum absolute atomic E-state index is 2.67. The van der Waals surface area contributed by atoms with Gasteiger partial charge in [0.2, 0.25) is 0 Å². The van der Waals surface area contributed by atoms with Gasteiger partial charge in [0, 0.05) is 6.54 Å². The van der Waals surface area contributed by atoms with Crippen LogP contribution in [0.5, 0.6) is 0 Å². The van der Waals surface area contributed by atoms with Crippen molar-refractivity contribution in [3.63, 3.8) is 0 Å². The van der Waals surface area contributed by atoms with Crippen LogP contribution in [0.2, 0.25) is 0 Å². The lowest BCUT2D eigenvalue weighted by atomic mass is 10.1. The van der Waals surface area contributed by atoms with Gasteiger partial charge in [0.15, 0.2) is 0 Å². The summed E-state index contributed by atoms with van der Waals surface area (Å²) in [6, 6.07) is 9.00. The molecule has 0 unspecified atom stereocenters. The van der Waals surface area contributed by atoms with E-state index in [2.05, 4.69) is 49.9 Å². The zero-order valence-corrected chi connectivity index (χ0v) is 14.5. The number of hydrogen-bond donors (Lipinski definition) is 0. The van der Waals surface area contributed by atoms with Crippen molar-refractivity contribution < 1.29 is 0 Å². The molecule has 0 aliphatic rings. The van der Waals surface area contributed by atoms with Crippen LogP contribution in [0.15, 0.2) is 24.3 Å². The molecule has 1 rings (SSSR count). The second kappa shape index (κ2) is 11.8. The first kappa shape index (κ1) is 18.2. The van der Waals surface area contributed by atoms with Crippen molar-refractivity contribution in [2.75, 3.05) is 13.1 Å². The number of hydrogen-bond acceptors (Lipinski definition) is 1. The van der Waals surface area contributed by atoms with E-state index in [1.165, 1.54) is 75.6 Å². The summed E-state index contributed by atoms with van der Waals surface area (Å²) < 4.78 is 0. The molecule has 0 aliphatic carbocycles. The van der Waals surface area contributed by atoms with Crippen LogP contribution in [0, 0.1) is 6.92 Å². The van der Waals surface area contributed by atoms with E-state index in [4.69, 9.17) is 0 Å². The SMILES string of the molecule is CCCCCCN(CCCCCC)Cc1cccc(C)c1. The largest absolute Gasteiger partial charge is 0.299 e. The zero-order chi connectivity index (χ0) is 15.3. The fourth-order valence-corrected chi connectivity index (χ4v) is 2.86. The van der Waals surface area contributed by atoms with Crippen molar-refractivity contribution in [2.24, 2.45) is 0 Å². The van der Waals surface area contributed by atoms with Gasteiger partial charge in [-0.1, -0.05) is 82.2 Å². The number of aryl methyl sites for hydroxylation is 1.